The van der Waals surface area contributed by atoms with Crippen molar-refractivity contribution in [2.75, 3.05) is 26.4 Å². The second-order valence-electron chi connectivity index (χ2n) is 14.2. The fraction of sp³-hybridized carbons (Fsp3) is 0.767. The zero-order valence-electron chi connectivity index (χ0n) is 33.9. The van der Waals surface area contributed by atoms with E-state index in [0.717, 1.165) is 57.8 Å². The Morgan fingerprint density at radius 3 is 1.91 bits per heavy atom. The lowest BCUT2D eigenvalue weighted by molar-refractivity contribution is -0.161. The van der Waals surface area contributed by atoms with Gasteiger partial charge in [0.05, 0.1) is 25.4 Å². The number of carbonyl (C=O) groups is 2. The Kier molecular flexibility index (Phi) is 32.7. The Labute approximate surface area is 328 Å². The van der Waals surface area contributed by atoms with E-state index in [2.05, 4.69) is 56.4 Å². The first-order chi connectivity index (χ1) is 26.3. The lowest BCUT2D eigenvalue weighted by Gasteiger charge is -2.19. The van der Waals surface area contributed by atoms with Gasteiger partial charge in [-0.25, -0.2) is 4.57 Å². The molecule has 3 N–H and O–H groups in total. The molecule has 0 spiro atoms. The van der Waals surface area contributed by atoms with Crippen molar-refractivity contribution in [3.63, 3.8) is 0 Å². The summed E-state index contributed by atoms with van der Waals surface area (Å²) >= 11 is 0. The van der Waals surface area contributed by atoms with Crippen LogP contribution in [0.3, 0.4) is 0 Å². The number of unbranched alkanes of at least 4 members (excludes halogenated alkanes) is 14. The Bertz CT molecular complexity index is 1090. The molecule has 10 nitrogen and oxygen atoms in total. The smallest absolute Gasteiger partial charge is 0.462 e. The first-order valence-electron chi connectivity index (χ1n) is 21.2. The monoisotopic (exact) mass is 782 g/mol. The van der Waals surface area contributed by atoms with E-state index in [0.29, 0.717) is 25.0 Å². The summed E-state index contributed by atoms with van der Waals surface area (Å²) in [6.45, 7) is 3.61. The lowest BCUT2D eigenvalue weighted by atomic mass is 10.1. The van der Waals surface area contributed by atoms with Gasteiger partial charge in [0.15, 0.2) is 6.10 Å². The quantitative estimate of drug-likeness (QED) is 0.0204. The van der Waals surface area contributed by atoms with Crippen LogP contribution in [0.4, 0.5) is 0 Å². The standard InChI is InChI=1S/C43H76NO9P/c1-3-5-7-8-9-10-11-12-13-14-15-20-23-26-30-34-43(46)52-39(38-51-54(47,48)50-36-35-44)37-49-42(45)33-29-25-22-19-17-16-18-21-24-28-32-41-40(53-41)31-27-6-4-2/h12-13,16,18-19,22,24,28,39-41H,3-11,14-15,17,20-21,23,25-27,29-38,44H2,1-2H3,(H,47,48)/b13-12-,18-16-,22-19-,28-24-/t39-,40?,41?/m1/s1. The minimum atomic E-state index is -4.39. The van der Waals surface area contributed by atoms with Crippen LogP contribution < -0.4 is 5.73 Å². The van der Waals surface area contributed by atoms with Gasteiger partial charge in [-0.1, -0.05) is 133 Å². The number of phosphoric ester groups is 1. The minimum absolute atomic E-state index is 0.0416. The molecule has 1 saturated heterocycles. The van der Waals surface area contributed by atoms with Gasteiger partial charge in [0.2, 0.25) is 0 Å². The molecule has 0 aromatic heterocycles. The van der Waals surface area contributed by atoms with Crippen molar-refractivity contribution in [3.8, 4) is 0 Å². The van der Waals surface area contributed by atoms with Crippen LogP contribution in [0.2, 0.25) is 0 Å². The highest BCUT2D eigenvalue weighted by molar-refractivity contribution is 7.47. The normalized spacial score (nSPS) is 17.6. The van der Waals surface area contributed by atoms with Crippen LogP contribution in [0, 0.1) is 0 Å². The number of rotatable bonds is 38. The van der Waals surface area contributed by atoms with Crippen LogP contribution in [0.5, 0.6) is 0 Å². The molecule has 1 aliphatic heterocycles. The number of ether oxygens (including phenoxy) is 3. The van der Waals surface area contributed by atoms with Crippen LogP contribution in [0.15, 0.2) is 48.6 Å². The van der Waals surface area contributed by atoms with Gasteiger partial charge in [-0.05, 0) is 70.6 Å². The summed E-state index contributed by atoms with van der Waals surface area (Å²) in [5, 5.41) is 0. The van der Waals surface area contributed by atoms with Crippen LogP contribution >= 0.6 is 7.82 Å². The Balaban J connectivity index is 2.23. The maximum absolute atomic E-state index is 12.6. The topological polar surface area (TPSA) is 147 Å². The van der Waals surface area contributed by atoms with Crippen molar-refractivity contribution in [2.24, 2.45) is 5.73 Å². The molecular formula is C43H76NO9P. The van der Waals surface area contributed by atoms with Crippen molar-refractivity contribution in [1.82, 2.24) is 0 Å². The Hall–Kier alpha value is -2.07. The predicted molar refractivity (Wildman–Crippen MR) is 219 cm³/mol. The number of nitrogens with two attached hydrogens (primary N) is 1. The second-order valence-corrected chi connectivity index (χ2v) is 15.7. The molecule has 312 valence electrons. The van der Waals surface area contributed by atoms with Gasteiger partial charge >= 0.3 is 19.8 Å². The van der Waals surface area contributed by atoms with Gasteiger partial charge in [-0.3, -0.25) is 18.6 Å². The number of hydrogen-bond acceptors (Lipinski definition) is 9. The SMILES string of the molecule is CCCCCCCC/C=C\CCCCCCCC(=O)O[C@H](COC(=O)CCC/C=C\C/C=C\C/C=C\CC1OC1CCCCC)COP(=O)(O)OCCN. The van der Waals surface area contributed by atoms with Crippen LogP contribution in [-0.4, -0.2) is 61.5 Å². The molecule has 4 atom stereocenters. The van der Waals surface area contributed by atoms with E-state index >= 15 is 0 Å². The van der Waals surface area contributed by atoms with Crippen molar-refractivity contribution < 1.29 is 42.3 Å². The maximum Gasteiger partial charge on any atom is 0.472 e. The first kappa shape index (κ1) is 49.9. The van der Waals surface area contributed by atoms with Gasteiger partial charge in [-0.15, -0.1) is 0 Å². The van der Waals surface area contributed by atoms with E-state index in [9.17, 15) is 19.0 Å². The van der Waals surface area contributed by atoms with Gasteiger partial charge in [0.1, 0.15) is 6.61 Å². The molecule has 1 fully saturated rings. The van der Waals surface area contributed by atoms with Gasteiger partial charge in [0, 0.05) is 19.4 Å². The highest BCUT2D eigenvalue weighted by Gasteiger charge is 2.36. The molecule has 1 heterocycles. The molecule has 1 aliphatic rings. The first-order valence-corrected chi connectivity index (χ1v) is 22.7. The molecule has 1 rings (SSSR count). The fourth-order valence-corrected chi connectivity index (χ4v) is 6.60. The molecule has 0 aromatic carbocycles. The largest absolute Gasteiger partial charge is 0.472 e. The summed E-state index contributed by atoms with van der Waals surface area (Å²) in [5.41, 5.74) is 5.34. The summed E-state index contributed by atoms with van der Waals surface area (Å²) in [6, 6.07) is 0. The molecule has 0 amide bonds. The minimum Gasteiger partial charge on any atom is -0.462 e. The molecule has 0 aliphatic carbocycles. The fourth-order valence-electron chi connectivity index (χ4n) is 5.83. The molecule has 54 heavy (non-hydrogen) atoms. The highest BCUT2D eigenvalue weighted by Crippen LogP contribution is 2.43. The molecule has 0 aromatic rings. The van der Waals surface area contributed by atoms with E-state index < -0.39 is 32.5 Å². The van der Waals surface area contributed by atoms with Gasteiger partial charge in [-0.2, -0.15) is 0 Å². The summed E-state index contributed by atoms with van der Waals surface area (Å²) in [4.78, 5) is 34.8. The van der Waals surface area contributed by atoms with Crippen molar-refractivity contribution >= 4 is 19.8 Å². The average Bonchev–Trinajstić information content (AvgIpc) is 3.91. The van der Waals surface area contributed by atoms with E-state index in [1.165, 1.54) is 70.6 Å². The summed E-state index contributed by atoms with van der Waals surface area (Å²) in [7, 11) is -4.39. The van der Waals surface area contributed by atoms with Gasteiger partial charge < -0.3 is 24.8 Å². The number of carbonyl (C=O) groups excluding carboxylic acids is 2. The molecule has 0 saturated carbocycles. The number of epoxide rings is 1. The van der Waals surface area contributed by atoms with Crippen molar-refractivity contribution in [3.05, 3.63) is 48.6 Å². The van der Waals surface area contributed by atoms with E-state index in [1.807, 2.05) is 6.08 Å². The zero-order valence-corrected chi connectivity index (χ0v) is 34.8. The number of allylic oxidation sites excluding steroid dienone is 7. The summed E-state index contributed by atoms with van der Waals surface area (Å²) in [5.74, 6) is -0.911. The summed E-state index contributed by atoms with van der Waals surface area (Å²) < 4.78 is 38.4. The number of phosphoric acid groups is 1. The zero-order chi connectivity index (χ0) is 39.4. The van der Waals surface area contributed by atoms with Crippen LogP contribution in [-0.2, 0) is 37.4 Å². The molecule has 3 unspecified atom stereocenters. The van der Waals surface area contributed by atoms with Crippen molar-refractivity contribution in [1.29, 1.82) is 0 Å². The lowest BCUT2D eigenvalue weighted by Crippen LogP contribution is -2.29. The molecule has 0 radical (unpaired) electrons. The summed E-state index contributed by atoms with van der Waals surface area (Å²) in [6.07, 6.45) is 41.8. The van der Waals surface area contributed by atoms with Gasteiger partial charge in [0.25, 0.3) is 0 Å². The molecule has 11 heteroatoms. The Morgan fingerprint density at radius 2 is 1.22 bits per heavy atom. The molecular weight excluding hydrogens is 705 g/mol. The third kappa shape index (κ3) is 32.2. The highest BCUT2D eigenvalue weighted by atomic mass is 31.2. The second kappa shape index (κ2) is 35.4. The number of hydrogen-bond donors (Lipinski definition) is 2. The van der Waals surface area contributed by atoms with E-state index in [4.69, 9.17) is 29.0 Å². The third-order valence-electron chi connectivity index (χ3n) is 9.11. The maximum atomic E-state index is 12.6. The van der Waals surface area contributed by atoms with Crippen LogP contribution in [0.25, 0.3) is 0 Å². The van der Waals surface area contributed by atoms with Crippen LogP contribution in [0.1, 0.15) is 168 Å². The predicted octanol–water partition coefficient (Wildman–Crippen LogP) is 10.9. The van der Waals surface area contributed by atoms with E-state index in [1.54, 1.807) is 0 Å². The molecule has 0 bridgehead atoms. The van der Waals surface area contributed by atoms with E-state index in [-0.39, 0.29) is 32.6 Å². The van der Waals surface area contributed by atoms with Crippen molar-refractivity contribution in [2.45, 2.75) is 186 Å². The Morgan fingerprint density at radius 1 is 0.667 bits per heavy atom. The number of esters is 2. The third-order valence-corrected chi connectivity index (χ3v) is 10.1. The average molecular weight is 782 g/mol.